The number of benzene rings is 2. The third-order valence-corrected chi connectivity index (χ3v) is 4.20. The molecule has 1 amide bonds. The van der Waals surface area contributed by atoms with Crippen molar-refractivity contribution in [3.63, 3.8) is 0 Å². The summed E-state index contributed by atoms with van der Waals surface area (Å²) in [5.74, 6) is 0.666. The van der Waals surface area contributed by atoms with E-state index in [9.17, 15) is 4.79 Å². The lowest BCUT2D eigenvalue weighted by atomic mass is 10.2. The molecule has 2 rings (SSSR count). The van der Waals surface area contributed by atoms with Gasteiger partial charge in [0.2, 0.25) is 0 Å². The van der Waals surface area contributed by atoms with E-state index in [1.807, 2.05) is 38.4 Å². The Morgan fingerprint density at radius 3 is 2.40 bits per heavy atom. The normalized spacial score (nSPS) is 11.7. The molecular weight excluding hydrogens is 314 g/mol. The number of ether oxygens (including phenoxy) is 1. The molecule has 0 spiro atoms. The topological polar surface area (TPSA) is 46.0 Å². The SMILES string of the molecule is CC[NH+](CC(=O)Nc1ccccc1OC)Cc1ccc(N(C)C)cc1. The minimum absolute atomic E-state index is 0.00809. The molecule has 2 aromatic rings. The lowest BCUT2D eigenvalue weighted by molar-refractivity contribution is -0.903. The summed E-state index contributed by atoms with van der Waals surface area (Å²) < 4.78 is 5.28. The number of para-hydroxylation sites is 2. The first-order chi connectivity index (χ1) is 12.0. The molecule has 0 aliphatic carbocycles. The van der Waals surface area contributed by atoms with Gasteiger partial charge in [-0.25, -0.2) is 0 Å². The first-order valence-corrected chi connectivity index (χ1v) is 8.56. The van der Waals surface area contributed by atoms with Crippen molar-refractivity contribution in [3.8, 4) is 5.75 Å². The van der Waals surface area contributed by atoms with Crippen molar-refractivity contribution in [1.29, 1.82) is 0 Å². The van der Waals surface area contributed by atoms with Crippen molar-refractivity contribution >= 4 is 17.3 Å². The highest BCUT2D eigenvalue weighted by Crippen LogP contribution is 2.22. The van der Waals surface area contributed by atoms with Crippen LogP contribution in [-0.2, 0) is 11.3 Å². The van der Waals surface area contributed by atoms with Crippen molar-refractivity contribution in [2.75, 3.05) is 44.5 Å². The molecule has 5 heteroatoms. The van der Waals surface area contributed by atoms with Gasteiger partial charge in [0, 0.05) is 25.3 Å². The molecule has 2 aromatic carbocycles. The highest BCUT2D eigenvalue weighted by atomic mass is 16.5. The molecule has 0 aliphatic heterocycles. The number of methoxy groups -OCH3 is 1. The highest BCUT2D eigenvalue weighted by Gasteiger charge is 2.15. The van der Waals surface area contributed by atoms with Crippen molar-refractivity contribution in [2.24, 2.45) is 0 Å². The van der Waals surface area contributed by atoms with Crippen molar-refractivity contribution in [2.45, 2.75) is 13.5 Å². The smallest absolute Gasteiger partial charge is 0.279 e. The van der Waals surface area contributed by atoms with E-state index in [0.29, 0.717) is 18.0 Å². The van der Waals surface area contributed by atoms with E-state index in [4.69, 9.17) is 4.74 Å². The van der Waals surface area contributed by atoms with Crippen LogP contribution in [0.2, 0.25) is 0 Å². The van der Waals surface area contributed by atoms with Crippen LogP contribution in [-0.4, -0.2) is 40.2 Å². The Hall–Kier alpha value is -2.53. The Labute approximate surface area is 150 Å². The predicted octanol–water partition coefficient (Wildman–Crippen LogP) is 1.80. The summed E-state index contributed by atoms with van der Waals surface area (Å²) in [6, 6.07) is 15.9. The molecule has 0 saturated heterocycles. The molecule has 1 unspecified atom stereocenters. The molecule has 5 nitrogen and oxygen atoms in total. The maximum Gasteiger partial charge on any atom is 0.279 e. The number of hydrogen-bond acceptors (Lipinski definition) is 3. The van der Waals surface area contributed by atoms with E-state index >= 15 is 0 Å². The number of nitrogens with zero attached hydrogens (tertiary/aromatic N) is 1. The second kappa shape index (κ2) is 9.08. The van der Waals surface area contributed by atoms with Crippen LogP contribution in [0.25, 0.3) is 0 Å². The van der Waals surface area contributed by atoms with Gasteiger partial charge in [-0.05, 0) is 31.2 Å². The third-order valence-electron chi connectivity index (χ3n) is 4.20. The van der Waals surface area contributed by atoms with Gasteiger partial charge in [0.1, 0.15) is 12.3 Å². The minimum Gasteiger partial charge on any atom is -0.495 e. The molecule has 2 N–H and O–H groups in total. The van der Waals surface area contributed by atoms with Crippen LogP contribution in [0.15, 0.2) is 48.5 Å². The average Bonchev–Trinajstić information content (AvgIpc) is 2.62. The third kappa shape index (κ3) is 5.50. The Morgan fingerprint density at radius 2 is 1.80 bits per heavy atom. The molecule has 0 fully saturated rings. The molecule has 0 radical (unpaired) electrons. The van der Waals surface area contributed by atoms with Crippen LogP contribution < -0.4 is 19.9 Å². The van der Waals surface area contributed by atoms with Gasteiger partial charge in [0.05, 0.1) is 19.3 Å². The first kappa shape index (κ1) is 18.8. The number of carbonyl (C=O) groups is 1. The molecule has 1 atom stereocenters. The summed E-state index contributed by atoms with van der Waals surface area (Å²) in [5.41, 5.74) is 3.11. The number of carbonyl (C=O) groups excluding carboxylic acids is 1. The Kier molecular flexibility index (Phi) is 6.83. The average molecular weight is 342 g/mol. The lowest BCUT2D eigenvalue weighted by Crippen LogP contribution is -3.11. The number of quaternary nitrogens is 1. The Balaban J connectivity index is 1.95. The number of rotatable bonds is 8. The van der Waals surface area contributed by atoms with Crippen LogP contribution in [0.5, 0.6) is 5.75 Å². The van der Waals surface area contributed by atoms with Crippen molar-refractivity contribution in [1.82, 2.24) is 0 Å². The van der Waals surface area contributed by atoms with Gasteiger partial charge < -0.3 is 19.9 Å². The van der Waals surface area contributed by atoms with Crippen LogP contribution in [0.1, 0.15) is 12.5 Å². The standard InChI is InChI=1S/C20H27N3O2/c1-5-23(14-16-10-12-17(13-11-16)22(2)3)15-20(24)21-18-8-6-7-9-19(18)25-4/h6-13H,5,14-15H2,1-4H3,(H,21,24)/p+1. The Morgan fingerprint density at radius 1 is 1.12 bits per heavy atom. The van der Waals surface area contributed by atoms with E-state index in [0.717, 1.165) is 13.1 Å². The van der Waals surface area contributed by atoms with E-state index in [2.05, 4.69) is 41.4 Å². The summed E-state index contributed by atoms with van der Waals surface area (Å²) in [4.78, 5) is 15.7. The summed E-state index contributed by atoms with van der Waals surface area (Å²) in [7, 11) is 5.66. The zero-order valence-electron chi connectivity index (χ0n) is 15.5. The van der Waals surface area contributed by atoms with Crippen LogP contribution in [0.3, 0.4) is 0 Å². The summed E-state index contributed by atoms with van der Waals surface area (Å²) in [6.45, 7) is 4.22. The van der Waals surface area contributed by atoms with Crippen LogP contribution in [0.4, 0.5) is 11.4 Å². The molecular formula is C20H28N3O2+. The number of amides is 1. The molecule has 0 saturated carbocycles. The van der Waals surface area contributed by atoms with Crippen LogP contribution >= 0.6 is 0 Å². The summed E-state index contributed by atoms with van der Waals surface area (Å²) >= 11 is 0. The van der Waals surface area contributed by atoms with Crippen molar-refractivity contribution in [3.05, 3.63) is 54.1 Å². The quantitative estimate of drug-likeness (QED) is 0.769. The fourth-order valence-electron chi connectivity index (χ4n) is 2.68. The van der Waals surface area contributed by atoms with Gasteiger partial charge in [-0.1, -0.05) is 24.3 Å². The fourth-order valence-corrected chi connectivity index (χ4v) is 2.68. The van der Waals surface area contributed by atoms with E-state index in [1.165, 1.54) is 16.2 Å². The second-order valence-corrected chi connectivity index (χ2v) is 6.27. The predicted molar refractivity (Wildman–Crippen MR) is 102 cm³/mol. The maximum atomic E-state index is 12.4. The van der Waals surface area contributed by atoms with Gasteiger partial charge in [0.25, 0.3) is 5.91 Å². The zero-order chi connectivity index (χ0) is 18.2. The maximum absolute atomic E-state index is 12.4. The zero-order valence-corrected chi connectivity index (χ0v) is 15.5. The molecule has 25 heavy (non-hydrogen) atoms. The summed E-state index contributed by atoms with van der Waals surface area (Å²) in [6.07, 6.45) is 0. The fraction of sp³-hybridized carbons (Fsp3) is 0.350. The van der Waals surface area contributed by atoms with E-state index < -0.39 is 0 Å². The Bertz CT molecular complexity index is 684. The highest BCUT2D eigenvalue weighted by molar-refractivity contribution is 5.92. The molecule has 0 aliphatic rings. The number of hydrogen-bond donors (Lipinski definition) is 2. The van der Waals surface area contributed by atoms with E-state index in [1.54, 1.807) is 7.11 Å². The van der Waals surface area contributed by atoms with Gasteiger partial charge in [-0.3, -0.25) is 4.79 Å². The van der Waals surface area contributed by atoms with Gasteiger partial charge >= 0.3 is 0 Å². The number of anilines is 2. The van der Waals surface area contributed by atoms with Gasteiger partial charge in [0.15, 0.2) is 6.54 Å². The van der Waals surface area contributed by atoms with Crippen molar-refractivity contribution < 1.29 is 14.4 Å². The second-order valence-electron chi connectivity index (χ2n) is 6.27. The molecule has 134 valence electrons. The molecule has 0 aromatic heterocycles. The molecule has 0 bridgehead atoms. The van der Waals surface area contributed by atoms with Gasteiger partial charge in [-0.2, -0.15) is 0 Å². The van der Waals surface area contributed by atoms with Gasteiger partial charge in [-0.15, -0.1) is 0 Å². The minimum atomic E-state index is -0.00809. The monoisotopic (exact) mass is 342 g/mol. The number of likely N-dealkylation sites (N-methyl/N-ethyl adjacent to an activating group) is 1. The molecule has 0 heterocycles. The largest absolute Gasteiger partial charge is 0.495 e. The van der Waals surface area contributed by atoms with Crippen LogP contribution in [0, 0.1) is 0 Å². The van der Waals surface area contributed by atoms with E-state index in [-0.39, 0.29) is 5.91 Å². The summed E-state index contributed by atoms with van der Waals surface area (Å²) in [5, 5.41) is 2.94. The number of nitrogens with one attached hydrogen (secondary N) is 2. The lowest BCUT2D eigenvalue weighted by Gasteiger charge is -2.19. The first-order valence-electron chi connectivity index (χ1n) is 8.56.